The molecule has 0 aromatic heterocycles. The SMILES string of the molecule is CN=C(Cc1ccccc1)c1cccc(OC)c1. The number of ether oxygens (including phenoxy) is 1. The molecule has 18 heavy (non-hydrogen) atoms. The van der Waals surface area contributed by atoms with E-state index in [1.54, 1.807) is 7.11 Å². The quantitative estimate of drug-likeness (QED) is 0.750. The Balaban J connectivity index is 2.24. The molecule has 0 radical (unpaired) electrons. The topological polar surface area (TPSA) is 21.6 Å². The standard InChI is InChI=1S/C16H17NO/c1-17-16(11-13-7-4-3-5-8-13)14-9-6-10-15(12-14)18-2/h3-10,12H,11H2,1-2H3. The molecule has 0 heterocycles. The van der Waals surface area contributed by atoms with Crippen molar-refractivity contribution in [3.05, 3.63) is 65.7 Å². The summed E-state index contributed by atoms with van der Waals surface area (Å²) >= 11 is 0. The lowest BCUT2D eigenvalue weighted by molar-refractivity contribution is 0.414. The summed E-state index contributed by atoms with van der Waals surface area (Å²) in [6, 6.07) is 18.4. The van der Waals surface area contributed by atoms with Crippen LogP contribution in [0.5, 0.6) is 5.75 Å². The van der Waals surface area contributed by atoms with Gasteiger partial charge in [0.2, 0.25) is 0 Å². The lowest BCUT2D eigenvalue weighted by Crippen LogP contribution is -2.05. The predicted octanol–water partition coefficient (Wildman–Crippen LogP) is 3.36. The van der Waals surface area contributed by atoms with Crippen LogP contribution in [0, 0.1) is 0 Å². The predicted molar refractivity (Wildman–Crippen MR) is 75.6 cm³/mol. The summed E-state index contributed by atoms with van der Waals surface area (Å²) in [6.07, 6.45) is 0.838. The van der Waals surface area contributed by atoms with E-state index in [-0.39, 0.29) is 0 Å². The molecule has 2 aromatic rings. The van der Waals surface area contributed by atoms with Crippen molar-refractivity contribution in [1.82, 2.24) is 0 Å². The van der Waals surface area contributed by atoms with E-state index < -0.39 is 0 Å². The highest BCUT2D eigenvalue weighted by molar-refractivity contribution is 6.02. The van der Waals surface area contributed by atoms with Crippen molar-refractivity contribution >= 4 is 5.71 Å². The zero-order chi connectivity index (χ0) is 12.8. The first-order valence-electron chi connectivity index (χ1n) is 5.97. The Morgan fingerprint density at radius 3 is 2.50 bits per heavy atom. The fourth-order valence-corrected chi connectivity index (χ4v) is 1.90. The van der Waals surface area contributed by atoms with Gasteiger partial charge in [-0.05, 0) is 23.3 Å². The Morgan fingerprint density at radius 1 is 1.06 bits per heavy atom. The molecule has 92 valence electrons. The average molecular weight is 239 g/mol. The maximum absolute atomic E-state index is 5.24. The van der Waals surface area contributed by atoms with Gasteiger partial charge in [-0.2, -0.15) is 0 Å². The summed E-state index contributed by atoms with van der Waals surface area (Å²) in [5.74, 6) is 0.863. The van der Waals surface area contributed by atoms with Crippen LogP contribution in [0.1, 0.15) is 11.1 Å². The summed E-state index contributed by atoms with van der Waals surface area (Å²) in [5, 5.41) is 0. The minimum absolute atomic E-state index is 0.838. The molecule has 0 atom stereocenters. The largest absolute Gasteiger partial charge is 0.497 e. The van der Waals surface area contributed by atoms with Gasteiger partial charge in [0.1, 0.15) is 5.75 Å². The first-order chi connectivity index (χ1) is 8.83. The van der Waals surface area contributed by atoms with Crippen molar-refractivity contribution < 1.29 is 4.74 Å². The van der Waals surface area contributed by atoms with Crippen molar-refractivity contribution in [2.45, 2.75) is 6.42 Å². The van der Waals surface area contributed by atoms with Crippen molar-refractivity contribution in [2.75, 3.05) is 14.2 Å². The van der Waals surface area contributed by atoms with Crippen LogP contribution < -0.4 is 4.74 Å². The number of rotatable bonds is 4. The molecule has 2 nitrogen and oxygen atoms in total. The normalized spacial score (nSPS) is 11.3. The minimum Gasteiger partial charge on any atom is -0.497 e. The highest BCUT2D eigenvalue weighted by Crippen LogP contribution is 2.15. The van der Waals surface area contributed by atoms with Gasteiger partial charge >= 0.3 is 0 Å². The molecule has 0 aliphatic rings. The van der Waals surface area contributed by atoms with E-state index in [0.29, 0.717) is 0 Å². The van der Waals surface area contributed by atoms with Gasteiger partial charge in [0.25, 0.3) is 0 Å². The fourth-order valence-electron chi connectivity index (χ4n) is 1.90. The molecule has 2 aromatic carbocycles. The van der Waals surface area contributed by atoms with Gasteiger partial charge in [0, 0.05) is 19.2 Å². The summed E-state index contributed by atoms with van der Waals surface area (Å²) in [5.41, 5.74) is 3.45. The maximum Gasteiger partial charge on any atom is 0.119 e. The van der Waals surface area contributed by atoms with Gasteiger partial charge < -0.3 is 4.74 Å². The van der Waals surface area contributed by atoms with Crippen molar-refractivity contribution in [3.8, 4) is 5.75 Å². The Morgan fingerprint density at radius 2 is 1.83 bits per heavy atom. The third-order valence-corrected chi connectivity index (χ3v) is 2.89. The molecular formula is C16H17NO. The van der Waals surface area contributed by atoms with E-state index >= 15 is 0 Å². The lowest BCUT2D eigenvalue weighted by Gasteiger charge is -2.08. The van der Waals surface area contributed by atoms with Crippen LogP contribution in [0.2, 0.25) is 0 Å². The second-order valence-electron chi connectivity index (χ2n) is 4.06. The van der Waals surface area contributed by atoms with Crippen molar-refractivity contribution in [3.63, 3.8) is 0 Å². The highest BCUT2D eigenvalue weighted by atomic mass is 16.5. The number of benzene rings is 2. The molecule has 0 aliphatic carbocycles. The number of methoxy groups -OCH3 is 1. The van der Waals surface area contributed by atoms with Crippen LogP contribution in [0.4, 0.5) is 0 Å². The van der Waals surface area contributed by atoms with Gasteiger partial charge in [0.15, 0.2) is 0 Å². The van der Waals surface area contributed by atoms with Gasteiger partial charge in [-0.3, -0.25) is 4.99 Å². The lowest BCUT2D eigenvalue weighted by atomic mass is 10.0. The first-order valence-corrected chi connectivity index (χ1v) is 5.97. The summed E-state index contributed by atoms with van der Waals surface area (Å²) in [4.78, 5) is 4.39. The van der Waals surface area contributed by atoms with E-state index in [9.17, 15) is 0 Å². The smallest absolute Gasteiger partial charge is 0.119 e. The van der Waals surface area contributed by atoms with Crippen LogP contribution in [-0.2, 0) is 6.42 Å². The Labute approximate surface area is 108 Å². The molecular weight excluding hydrogens is 222 g/mol. The van der Waals surface area contributed by atoms with Gasteiger partial charge in [-0.15, -0.1) is 0 Å². The molecule has 0 aliphatic heterocycles. The average Bonchev–Trinajstić information content (AvgIpc) is 2.46. The Hall–Kier alpha value is -2.09. The molecule has 0 saturated heterocycles. The van der Waals surface area contributed by atoms with Gasteiger partial charge in [0.05, 0.1) is 7.11 Å². The van der Waals surface area contributed by atoms with E-state index in [1.165, 1.54) is 5.56 Å². The molecule has 2 rings (SSSR count). The van der Waals surface area contributed by atoms with E-state index in [2.05, 4.69) is 23.2 Å². The summed E-state index contributed by atoms with van der Waals surface area (Å²) in [6.45, 7) is 0. The van der Waals surface area contributed by atoms with Crippen LogP contribution >= 0.6 is 0 Å². The van der Waals surface area contributed by atoms with Crippen LogP contribution in [0.15, 0.2) is 59.6 Å². The monoisotopic (exact) mass is 239 g/mol. The van der Waals surface area contributed by atoms with Crippen molar-refractivity contribution in [2.24, 2.45) is 4.99 Å². The molecule has 0 saturated carbocycles. The van der Waals surface area contributed by atoms with E-state index in [4.69, 9.17) is 4.74 Å². The van der Waals surface area contributed by atoms with Gasteiger partial charge in [-0.25, -0.2) is 0 Å². The second kappa shape index (κ2) is 6.01. The second-order valence-corrected chi connectivity index (χ2v) is 4.06. The maximum atomic E-state index is 5.24. The number of hydrogen-bond acceptors (Lipinski definition) is 2. The van der Waals surface area contributed by atoms with Crippen LogP contribution in [-0.4, -0.2) is 19.9 Å². The third kappa shape index (κ3) is 2.98. The molecule has 0 spiro atoms. The minimum atomic E-state index is 0.838. The van der Waals surface area contributed by atoms with E-state index in [0.717, 1.165) is 23.4 Å². The Kier molecular flexibility index (Phi) is 4.13. The number of aliphatic imine (C=N–C) groups is 1. The molecule has 0 bridgehead atoms. The number of hydrogen-bond donors (Lipinski definition) is 0. The molecule has 0 amide bonds. The number of nitrogens with zero attached hydrogens (tertiary/aromatic N) is 1. The summed E-state index contributed by atoms with van der Waals surface area (Å²) in [7, 11) is 3.51. The van der Waals surface area contributed by atoms with Gasteiger partial charge in [-0.1, -0.05) is 42.5 Å². The zero-order valence-corrected chi connectivity index (χ0v) is 10.8. The molecule has 2 heteroatoms. The highest BCUT2D eigenvalue weighted by Gasteiger charge is 2.05. The zero-order valence-electron chi connectivity index (χ0n) is 10.8. The van der Waals surface area contributed by atoms with Crippen LogP contribution in [0.3, 0.4) is 0 Å². The first kappa shape index (κ1) is 12.4. The van der Waals surface area contributed by atoms with Crippen LogP contribution in [0.25, 0.3) is 0 Å². The summed E-state index contributed by atoms with van der Waals surface area (Å²) < 4.78 is 5.24. The fraction of sp³-hybridized carbons (Fsp3) is 0.188. The molecule has 0 fully saturated rings. The van der Waals surface area contributed by atoms with Crippen molar-refractivity contribution in [1.29, 1.82) is 0 Å². The molecule has 0 N–H and O–H groups in total. The Bertz CT molecular complexity index is 532. The van der Waals surface area contributed by atoms with E-state index in [1.807, 2.05) is 43.4 Å². The molecule has 0 unspecified atom stereocenters. The third-order valence-electron chi connectivity index (χ3n) is 2.89.